The summed E-state index contributed by atoms with van der Waals surface area (Å²) in [6, 6.07) is 1.64. The van der Waals surface area contributed by atoms with Crippen molar-refractivity contribution in [3.63, 3.8) is 0 Å². The molecule has 0 heterocycles. The van der Waals surface area contributed by atoms with E-state index in [1.165, 1.54) is 6.92 Å². The average molecular weight is 384 g/mol. The van der Waals surface area contributed by atoms with Gasteiger partial charge in [0.1, 0.15) is 11.6 Å². The number of aromatic carboxylic acids is 1. The molecule has 9 heteroatoms. The van der Waals surface area contributed by atoms with Gasteiger partial charge < -0.3 is 9.84 Å². The number of rotatable bonds is 5. The van der Waals surface area contributed by atoms with Crippen LogP contribution in [0.2, 0.25) is 0 Å². The fourth-order valence-electron chi connectivity index (χ4n) is 3.28. The summed E-state index contributed by atoms with van der Waals surface area (Å²) in [6.07, 6.45) is -5.49. The summed E-state index contributed by atoms with van der Waals surface area (Å²) < 4.78 is 86.1. The van der Waals surface area contributed by atoms with Crippen LogP contribution in [0.15, 0.2) is 12.1 Å². The third kappa shape index (κ3) is 3.61. The molecular weight excluding hydrogens is 366 g/mol. The van der Waals surface area contributed by atoms with Gasteiger partial charge in [-0.1, -0.05) is 19.3 Å². The van der Waals surface area contributed by atoms with Crippen molar-refractivity contribution in [3.05, 3.63) is 29.1 Å². The van der Waals surface area contributed by atoms with E-state index in [4.69, 9.17) is 9.84 Å². The molecule has 0 bridgehead atoms. The van der Waals surface area contributed by atoms with Gasteiger partial charge in [0.2, 0.25) is 0 Å². The lowest BCUT2D eigenvalue weighted by molar-refractivity contribution is -0.335. The molecule has 1 fully saturated rings. The number of aryl methyl sites for hydroxylation is 1. The van der Waals surface area contributed by atoms with Crippen molar-refractivity contribution in [2.24, 2.45) is 5.41 Å². The number of carboxylic acid groups (broad SMARTS) is 1. The molecule has 0 amide bonds. The summed E-state index contributed by atoms with van der Waals surface area (Å²) in [5, 5.41) is 8.85. The summed E-state index contributed by atoms with van der Waals surface area (Å²) in [5.74, 6) is -7.88. The number of hydrogen-bond donors (Lipinski definition) is 1. The molecule has 0 radical (unpaired) electrons. The van der Waals surface area contributed by atoms with Crippen molar-refractivity contribution < 1.29 is 41.0 Å². The molecule has 0 unspecified atom stereocenters. The maximum absolute atomic E-state index is 14.2. The normalized spacial score (nSPS) is 17.8. The summed E-state index contributed by atoms with van der Waals surface area (Å²) in [4.78, 5) is 10.9. The van der Waals surface area contributed by atoms with Crippen LogP contribution in [-0.4, -0.2) is 29.8 Å². The highest BCUT2D eigenvalue weighted by molar-refractivity contribution is 5.88. The number of hydrogen-bond acceptors (Lipinski definition) is 2. The van der Waals surface area contributed by atoms with Gasteiger partial charge in [-0.05, 0) is 31.4 Å². The van der Waals surface area contributed by atoms with Crippen molar-refractivity contribution in [2.45, 2.75) is 51.1 Å². The van der Waals surface area contributed by atoms with Crippen LogP contribution in [-0.2, 0) is 0 Å². The van der Waals surface area contributed by atoms with Crippen molar-refractivity contribution in [3.8, 4) is 5.75 Å². The highest BCUT2D eigenvalue weighted by Gasteiger charge is 2.69. The first-order valence-electron chi connectivity index (χ1n) is 8.02. The molecule has 1 aliphatic carbocycles. The lowest BCUT2D eigenvalue weighted by Crippen LogP contribution is -2.55. The second-order valence-corrected chi connectivity index (χ2v) is 6.60. The van der Waals surface area contributed by atoms with Gasteiger partial charge in [0, 0.05) is 6.07 Å². The van der Waals surface area contributed by atoms with Crippen LogP contribution in [0.1, 0.15) is 48.0 Å². The van der Waals surface area contributed by atoms with Crippen LogP contribution < -0.4 is 4.74 Å². The average Bonchev–Trinajstić information content (AvgIpc) is 2.54. The molecule has 0 aliphatic heterocycles. The number of ether oxygens (including phenoxy) is 1. The molecule has 1 N–H and O–H groups in total. The van der Waals surface area contributed by atoms with Crippen molar-refractivity contribution in [1.29, 1.82) is 0 Å². The van der Waals surface area contributed by atoms with Crippen molar-refractivity contribution in [1.82, 2.24) is 0 Å². The quantitative estimate of drug-likeness (QED) is 0.696. The van der Waals surface area contributed by atoms with Crippen molar-refractivity contribution >= 4 is 5.97 Å². The summed E-state index contributed by atoms with van der Waals surface area (Å²) in [5.41, 5.74) is -2.94. The zero-order valence-electron chi connectivity index (χ0n) is 13.9. The number of carboxylic acids is 1. The molecule has 0 spiro atoms. The molecule has 146 valence electrons. The Morgan fingerprint density at radius 2 is 1.73 bits per heavy atom. The van der Waals surface area contributed by atoms with E-state index in [0.717, 1.165) is 6.07 Å². The Kier molecular flexibility index (Phi) is 5.49. The van der Waals surface area contributed by atoms with E-state index in [2.05, 4.69) is 0 Å². The molecule has 3 nitrogen and oxygen atoms in total. The largest absolute Gasteiger partial charge is 0.492 e. The smallest absolute Gasteiger partial charge is 0.453 e. The van der Waals surface area contributed by atoms with Gasteiger partial charge in [0.15, 0.2) is 0 Å². The fourth-order valence-corrected chi connectivity index (χ4v) is 3.28. The fraction of sp³-hybridized carbons (Fsp3) is 0.588. The lowest BCUT2D eigenvalue weighted by atomic mass is 9.69. The Balaban J connectivity index is 2.32. The van der Waals surface area contributed by atoms with Gasteiger partial charge in [-0.2, -0.15) is 22.0 Å². The van der Waals surface area contributed by atoms with Gasteiger partial charge in [-0.15, -0.1) is 0 Å². The molecule has 0 aromatic heterocycles. The maximum Gasteiger partial charge on any atom is 0.453 e. The maximum atomic E-state index is 14.2. The molecule has 26 heavy (non-hydrogen) atoms. The summed E-state index contributed by atoms with van der Waals surface area (Å²) >= 11 is 0. The van der Waals surface area contributed by atoms with Crippen LogP contribution in [0.3, 0.4) is 0 Å². The van der Waals surface area contributed by atoms with E-state index in [1.807, 2.05) is 0 Å². The molecule has 2 rings (SSSR count). The van der Waals surface area contributed by atoms with Gasteiger partial charge in [0.05, 0.1) is 17.6 Å². The second-order valence-electron chi connectivity index (χ2n) is 6.60. The van der Waals surface area contributed by atoms with Gasteiger partial charge in [-0.3, -0.25) is 0 Å². The third-order valence-corrected chi connectivity index (χ3v) is 4.83. The summed E-state index contributed by atoms with van der Waals surface area (Å²) in [6.45, 7) is 0.420. The molecule has 1 aromatic carbocycles. The molecule has 0 saturated heterocycles. The van der Waals surface area contributed by atoms with Crippen molar-refractivity contribution in [2.75, 3.05) is 6.61 Å². The highest BCUT2D eigenvalue weighted by atomic mass is 19.4. The minimum atomic E-state index is -5.72. The second kappa shape index (κ2) is 7.00. The van der Waals surface area contributed by atoms with Crippen LogP contribution in [0.25, 0.3) is 0 Å². The van der Waals surface area contributed by atoms with Crippen LogP contribution in [0.5, 0.6) is 5.75 Å². The predicted molar refractivity (Wildman–Crippen MR) is 80.1 cm³/mol. The molecule has 1 aliphatic rings. The Morgan fingerprint density at radius 1 is 1.15 bits per heavy atom. The number of halogens is 6. The molecule has 1 saturated carbocycles. The van der Waals surface area contributed by atoms with Crippen LogP contribution in [0, 0.1) is 18.2 Å². The SMILES string of the molecule is Cc1cc(C(=O)O)c(F)cc1OCC1(C(F)(F)C(F)(F)F)CCCCC1. The Morgan fingerprint density at radius 3 is 2.23 bits per heavy atom. The molecule has 1 aromatic rings. The monoisotopic (exact) mass is 384 g/mol. The van der Waals surface area contributed by atoms with E-state index in [1.54, 1.807) is 0 Å². The van der Waals surface area contributed by atoms with Gasteiger partial charge in [-0.25, -0.2) is 9.18 Å². The standard InChI is InChI=1S/C17H18F6O3/c1-10-7-11(14(24)25)12(18)8-13(10)26-9-15(5-3-2-4-6-15)16(19,20)17(21,22)23/h7-8H,2-6,9H2,1H3,(H,24,25). The first-order valence-corrected chi connectivity index (χ1v) is 8.02. The summed E-state index contributed by atoms with van der Waals surface area (Å²) in [7, 11) is 0. The van der Waals surface area contributed by atoms with E-state index in [0.29, 0.717) is 12.5 Å². The Labute approximate surface area is 146 Å². The molecule has 0 atom stereocenters. The van der Waals surface area contributed by atoms with Crippen LogP contribution >= 0.6 is 0 Å². The minimum absolute atomic E-state index is 0.130. The molecular formula is C17H18F6O3. The number of carbonyl (C=O) groups is 1. The van der Waals surface area contributed by atoms with Gasteiger partial charge >= 0.3 is 18.1 Å². The number of benzene rings is 1. The highest BCUT2D eigenvalue weighted by Crippen LogP contribution is 2.55. The Hall–Kier alpha value is -1.93. The topological polar surface area (TPSA) is 46.5 Å². The zero-order chi connectivity index (χ0) is 19.8. The van der Waals surface area contributed by atoms with E-state index in [-0.39, 0.29) is 37.0 Å². The van der Waals surface area contributed by atoms with E-state index in [9.17, 15) is 31.1 Å². The Bertz CT molecular complexity index is 678. The zero-order valence-corrected chi connectivity index (χ0v) is 13.9. The predicted octanol–water partition coefficient (Wildman–Crippen LogP) is 5.36. The van der Waals surface area contributed by atoms with E-state index >= 15 is 0 Å². The van der Waals surface area contributed by atoms with E-state index < -0.39 is 41.5 Å². The van der Waals surface area contributed by atoms with Gasteiger partial charge in [0.25, 0.3) is 0 Å². The third-order valence-electron chi connectivity index (χ3n) is 4.83. The number of alkyl halides is 5. The van der Waals surface area contributed by atoms with Crippen LogP contribution in [0.4, 0.5) is 26.3 Å². The minimum Gasteiger partial charge on any atom is -0.492 e. The first-order chi connectivity index (χ1) is 11.9. The lowest BCUT2D eigenvalue weighted by Gasteiger charge is -2.43. The first kappa shape index (κ1) is 20.4.